The predicted molar refractivity (Wildman–Crippen MR) is 47.0 cm³/mol. The molecule has 0 bridgehead atoms. The van der Waals surface area contributed by atoms with Gasteiger partial charge >= 0.3 is 0 Å². The molecule has 0 fully saturated rings. The molecule has 0 heterocycles. The quantitative estimate of drug-likeness (QED) is 0.523. The van der Waals surface area contributed by atoms with E-state index in [0.717, 1.165) is 5.92 Å². The Balaban J connectivity index is 3.63. The molecular weight excluding hydrogens is 120 g/mol. The Morgan fingerprint density at radius 3 is 2.50 bits per heavy atom. The van der Waals surface area contributed by atoms with E-state index in [1.165, 1.54) is 18.4 Å². The highest BCUT2D eigenvalue weighted by Gasteiger charge is 1.91. The maximum atomic E-state index is 3.20. The molecule has 1 atom stereocenters. The van der Waals surface area contributed by atoms with E-state index >= 15 is 0 Å². The highest BCUT2D eigenvalue weighted by atomic mass is 14.0. The van der Waals surface area contributed by atoms with E-state index in [1.54, 1.807) is 0 Å². The molecule has 0 spiro atoms. The lowest BCUT2D eigenvalue weighted by atomic mass is 10.1. The minimum Gasteiger partial charge on any atom is -0.127 e. The monoisotopic (exact) mass is 138 g/mol. The topological polar surface area (TPSA) is 0 Å². The molecule has 0 radical (unpaired) electrons. The predicted octanol–water partition coefficient (Wildman–Crippen LogP) is 3.54. The van der Waals surface area contributed by atoms with Gasteiger partial charge in [-0.3, -0.25) is 0 Å². The van der Waals surface area contributed by atoms with Gasteiger partial charge in [-0.2, -0.15) is 0 Å². The average Bonchev–Trinajstić information content (AvgIpc) is 1.87. The van der Waals surface area contributed by atoms with Gasteiger partial charge in [0.1, 0.15) is 0 Å². The number of rotatable bonds is 3. The summed E-state index contributed by atoms with van der Waals surface area (Å²) in [6, 6.07) is 0. The zero-order valence-electron chi connectivity index (χ0n) is 7.57. The molecule has 0 aromatic carbocycles. The van der Waals surface area contributed by atoms with E-state index in [-0.39, 0.29) is 0 Å². The lowest BCUT2D eigenvalue weighted by molar-refractivity contribution is 0.572. The van der Waals surface area contributed by atoms with E-state index in [4.69, 9.17) is 0 Å². The van der Waals surface area contributed by atoms with E-state index in [0.29, 0.717) is 0 Å². The van der Waals surface area contributed by atoms with E-state index in [1.807, 2.05) is 0 Å². The summed E-state index contributed by atoms with van der Waals surface area (Å²) in [7, 11) is 0. The van der Waals surface area contributed by atoms with Crippen LogP contribution in [-0.2, 0) is 0 Å². The molecule has 0 aromatic rings. The van der Waals surface area contributed by atoms with Crippen LogP contribution in [0, 0.1) is 5.92 Å². The maximum Gasteiger partial charge on any atom is -0.0249 e. The summed E-state index contributed by atoms with van der Waals surface area (Å²) >= 11 is 0. The van der Waals surface area contributed by atoms with Crippen molar-refractivity contribution < 1.29 is 0 Å². The van der Waals surface area contributed by atoms with Crippen LogP contribution in [0.2, 0.25) is 0 Å². The second kappa shape index (κ2) is 5.32. The van der Waals surface area contributed by atoms with Gasteiger partial charge in [0.05, 0.1) is 0 Å². The zero-order valence-corrected chi connectivity index (χ0v) is 7.57. The lowest BCUT2D eigenvalue weighted by Gasteiger charge is -2.00. The first-order valence-corrected chi connectivity index (χ1v) is 4.05. The SMILES string of the molecule is CCC(C)CC=C=C(C)C. The molecule has 0 N–H and O–H groups in total. The van der Waals surface area contributed by atoms with Crippen molar-refractivity contribution in [1.82, 2.24) is 0 Å². The van der Waals surface area contributed by atoms with Crippen molar-refractivity contribution in [2.45, 2.75) is 40.5 Å². The van der Waals surface area contributed by atoms with Gasteiger partial charge in [-0.25, -0.2) is 0 Å². The molecule has 0 nitrogen and oxygen atoms in total. The largest absolute Gasteiger partial charge is 0.127 e. The minimum atomic E-state index is 0.812. The van der Waals surface area contributed by atoms with Crippen molar-refractivity contribution >= 4 is 0 Å². The third-order valence-electron chi connectivity index (χ3n) is 1.61. The van der Waals surface area contributed by atoms with Crippen LogP contribution in [0.15, 0.2) is 17.4 Å². The molecule has 58 valence electrons. The van der Waals surface area contributed by atoms with Crippen LogP contribution in [0.1, 0.15) is 40.5 Å². The van der Waals surface area contributed by atoms with Crippen LogP contribution in [0.25, 0.3) is 0 Å². The highest BCUT2D eigenvalue weighted by Crippen LogP contribution is 2.06. The van der Waals surface area contributed by atoms with Gasteiger partial charge in [-0.1, -0.05) is 20.3 Å². The van der Waals surface area contributed by atoms with Crippen LogP contribution in [0.3, 0.4) is 0 Å². The fraction of sp³-hybridized carbons (Fsp3) is 0.700. The highest BCUT2D eigenvalue weighted by molar-refractivity contribution is 4.94. The summed E-state index contributed by atoms with van der Waals surface area (Å²) in [5.74, 6) is 0.812. The second-order valence-corrected chi connectivity index (χ2v) is 3.10. The van der Waals surface area contributed by atoms with Gasteiger partial charge < -0.3 is 0 Å². The van der Waals surface area contributed by atoms with Crippen molar-refractivity contribution in [3.63, 3.8) is 0 Å². The summed E-state index contributed by atoms with van der Waals surface area (Å²) in [4.78, 5) is 0. The van der Waals surface area contributed by atoms with Crippen molar-refractivity contribution in [1.29, 1.82) is 0 Å². The molecular formula is C10H18. The molecule has 0 saturated carbocycles. The molecule has 1 unspecified atom stereocenters. The first-order valence-electron chi connectivity index (χ1n) is 4.05. The molecule has 0 rings (SSSR count). The van der Waals surface area contributed by atoms with Gasteiger partial charge in [-0.05, 0) is 37.8 Å². The van der Waals surface area contributed by atoms with Crippen molar-refractivity contribution in [3.8, 4) is 0 Å². The number of hydrogen-bond acceptors (Lipinski definition) is 0. The molecule has 0 heteroatoms. The summed E-state index contributed by atoms with van der Waals surface area (Å²) in [6.45, 7) is 8.64. The third kappa shape index (κ3) is 5.65. The first kappa shape index (κ1) is 9.52. The summed E-state index contributed by atoms with van der Waals surface area (Å²) < 4.78 is 0. The van der Waals surface area contributed by atoms with Gasteiger partial charge in [0, 0.05) is 0 Å². The van der Waals surface area contributed by atoms with Crippen LogP contribution in [-0.4, -0.2) is 0 Å². The molecule has 0 aliphatic carbocycles. The lowest BCUT2D eigenvalue weighted by Crippen LogP contribution is -1.86. The normalized spacial score (nSPS) is 12.0. The average molecular weight is 138 g/mol. The Labute approximate surface area is 64.6 Å². The molecule has 10 heavy (non-hydrogen) atoms. The summed E-state index contributed by atoms with van der Waals surface area (Å²) in [6.07, 6.45) is 4.58. The van der Waals surface area contributed by atoms with Crippen LogP contribution in [0.4, 0.5) is 0 Å². The van der Waals surface area contributed by atoms with E-state index in [2.05, 4.69) is 39.5 Å². The van der Waals surface area contributed by atoms with Crippen LogP contribution in [0.5, 0.6) is 0 Å². The minimum absolute atomic E-state index is 0.812. The second-order valence-electron chi connectivity index (χ2n) is 3.10. The van der Waals surface area contributed by atoms with Crippen molar-refractivity contribution in [3.05, 3.63) is 17.4 Å². The van der Waals surface area contributed by atoms with Crippen LogP contribution < -0.4 is 0 Å². The fourth-order valence-electron chi connectivity index (χ4n) is 0.631. The maximum absolute atomic E-state index is 3.20. The van der Waals surface area contributed by atoms with Gasteiger partial charge in [0.2, 0.25) is 0 Å². The first-order chi connectivity index (χ1) is 4.66. The third-order valence-corrected chi connectivity index (χ3v) is 1.61. The number of hydrogen-bond donors (Lipinski definition) is 0. The smallest absolute Gasteiger partial charge is 0.0249 e. The molecule has 0 saturated heterocycles. The standard InChI is InChI=1S/C10H18/c1-5-10(4)8-6-7-9(2)3/h6,10H,5,8H2,1-4H3. The number of allylic oxidation sites excluding steroid dienone is 1. The molecule has 0 aliphatic heterocycles. The zero-order chi connectivity index (χ0) is 7.98. The Hall–Kier alpha value is -0.480. The van der Waals surface area contributed by atoms with Gasteiger partial charge in [0.25, 0.3) is 0 Å². The van der Waals surface area contributed by atoms with Crippen LogP contribution >= 0.6 is 0 Å². The summed E-state index contributed by atoms with van der Waals surface area (Å²) in [5, 5.41) is 0. The Morgan fingerprint density at radius 2 is 2.10 bits per heavy atom. The molecule has 0 aliphatic rings. The summed E-state index contributed by atoms with van der Waals surface area (Å²) in [5.41, 5.74) is 4.47. The Kier molecular flexibility index (Phi) is 5.06. The Bertz CT molecular complexity index is 132. The molecule has 0 amide bonds. The van der Waals surface area contributed by atoms with Gasteiger partial charge in [0.15, 0.2) is 0 Å². The van der Waals surface area contributed by atoms with E-state index < -0.39 is 0 Å². The van der Waals surface area contributed by atoms with Gasteiger partial charge in [-0.15, -0.1) is 5.73 Å². The fourth-order valence-corrected chi connectivity index (χ4v) is 0.631. The molecule has 0 aromatic heterocycles. The van der Waals surface area contributed by atoms with Crippen molar-refractivity contribution in [2.24, 2.45) is 5.92 Å². The van der Waals surface area contributed by atoms with E-state index in [9.17, 15) is 0 Å². The Morgan fingerprint density at radius 1 is 1.50 bits per heavy atom. The van der Waals surface area contributed by atoms with Crippen molar-refractivity contribution in [2.75, 3.05) is 0 Å².